The van der Waals surface area contributed by atoms with E-state index in [1.165, 1.54) is 22.9 Å². The number of Topliss-reactive ketones (excluding diaryl/α,β-unsaturated/α-hetero) is 1. The van der Waals surface area contributed by atoms with Crippen LogP contribution in [0.1, 0.15) is 23.2 Å². The summed E-state index contributed by atoms with van der Waals surface area (Å²) >= 11 is 0. The molecule has 4 heterocycles. The Bertz CT molecular complexity index is 1170. The average Bonchev–Trinajstić information content (AvgIpc) is 3.48. The number of nitrogens with one attached hydrogen (secondary N) is 1. The van der Waals surface area contributed by atoms with Crippen LogP contribution in [0.15, 0.2) is 29.2 Å². The number of pyridine rings is 1. The van der Waals surface area contributed by atoms with Gasteiger partial charge in [-0.1, -0.05) is 0 Å². The minimum Gasteiger partial charge on any atom is -0.376 e. The number of rotatable bonds is 7. The normalized spacial score (nSPS) is 25.1. The summed E-state index contributed by atoms with van der Waals surface area (Å²) in [6.45, 7) is 0.414. The second-order valence-electron chi connectivity index (χ2n) is 9.54. The Morgan fingerprint density at radius 3 is 2.71 bits per heavy atom. The molecular formula is C23H27F3N6O3. The highest BCUT2D eigenvalue weighted by molar-refractivity contribution is 5.99. The van der Waals surface area contributed by atoms with Gasteiger partial charge in [0, 0.05) is 45.0 Å². The van der Waals surface area contributed by atoms with E-state index in [-0.39, 0.29) is 36.4 Å². The SMILES string of the molecule is CN(C)c1ccc(C(=O)CN2c3nc(NC[C@H]4OC[C@@H]5CC54)cc(=O)n3CC[C@H]2C(F)(F)F)cn1. The molecule has 2 aromatic rings. The molecule has 0 aromatic carbocycles. The molecule has 188 valence electrons. The maximum Gasteiger partial charge on any atom is 0.408 e. The van der Waals surface area contributed by atoms with E-state index in [2.05, 4.69) is 15.3 Å². The van der Waals surface area contributed by atoms with E-state index in [0.717, 1.165) is 11.3 Å². The van der Waals surface area contributed by atoms with E-state index in [1.54, 1.807) is 25.1 Å². The van der Waals surface area contributed by atoms with Gasteiger partial charge in [0.25, 0.3) is 5.56 Å². The Balaban J connectivity index is 1.41. The van der Waals surface area contributed by atoms with Crippen LogP contribution in [-0.4, -0.2) is 72.4 Å². The van der Waals surface area contributed by atoms with E-state index in [9.17, 15) is 22.8 Å². The first-order valence-electron chi connectivity index (χ1n) is 11.6. The number of carbonyl (C=O) groups excluding carboxylic acids is 1. The lowest BCUT2D eigenvalue weighted by molar-refractivity contribution is -0.152. The van der Waals surface area contributed by atoms with Crippen molar-refractivity contribution in [3.8, 4) is 0 Å². The van der Waals surface area contributed by atoms with Crippen LogP contribution < -0.4 is 20.7 Å². The molecule has 35 heavy (non-hydrogen) atoms. The maximum atomic E-state index is 14.0. The number of hydrogen-bond acceptors (Lipinski definition) is 8. The molecule has 0 spiro atoms. The van der Waals surface area contributed by atoms with Crippen LogP contribution in [0.25, 0.3) is 0 Å². The number of nitrogens with zero attached hydrogens (tertiary/aromatic N) is 5. The molecule has 1 saturated heterocycles. The summed E-state index contributed by atoms with van der Waals surface area (Å²) in [6, 6.07) is 2.50. The molecule has 12 heteroatoms. The number of carbonyl (C=O) groups is 1. The lowest BCUT2D eigenvalue weighted by Crippen LogP contribution is -2.54. The van der Waals surface area contributed by atoms with Gasteiger partial charge in [0.1, 0.15) is 17.7 Å². The van der Waals surface area contributed by atoms with Crippen LogP contribution in [0.5, 0.6) is 0 Å². The second kappa shape index (κ2) is 8.81. The summed E-state index contributed by atoms with van der Waals surface area (Å²) in [5.74, 6) is 1.14. The summed E-state index contributed by atoms with van der Waals surface area (Å²) in [5.41, 5.74) is -0.285. The van der Waals surface area contributed by atoms with Gasteiger partial charge in [0.2, 0.25) is 5.95 Å². The van der Waals surface area contributed by atoms with Crippen LogP contribution in [0.2, 0.25) is 0 Å². The van der Waals surface area contributed by atoms with Gasteiger partial charge in [-0.25, -0.2) is 4.98 Å². The Hall–Kier alpha value is -3.15. The molecule has 4 atom stereocenters. The van der Waals surface area contributed by atoms with Crippen LogP contribution in [0.4, 0.5) is 30.8 Å². The largest absolute Gasteiger partial charge is 0.408 e. The van der Waals surface area contributed by atoms with Crippen LogP contribution in [0, 0.1) is 11.8 Å². The van der Waals surface area contributed by atoms with E-state index < -0.39 is 30.1 Å². The van der Waals surface area contributed by atoms with Gasteiger partial charge in [-0.3, -0.25) is 14.2 Å². The lowest BCUT2D eigenvalue weighted by Gasteiger charge is -2.38. The molecule has 0 radical (unpaired) electrons. The third kappa shape index (κ3) is 4.71. The average molecular weight is 493 g/mol. The molecule has 2 aromatic heterocycles. The van der Waals surface area contributed by atoms with Crippen LogP contribution in [-0.2, 0) is 11.3 Å². The Kier molecular flexibility index (Phi) is 5.94. The van der Waals surface area contributed by atoms with Crippen molar-refractivity contribution in [3.05, 3.63) is 40.3 Å². The van der Waals surface area contributed by atoms with Gasteiger partial charge in [-0.05, 0) is 36.8 Å². The number of ether oxygens (including phenoxy) is 1. The van der Waals surface area contributed by atoms with E-state index in [1.807, 2.05) is 0 Å². The predicted octanol–water partition coefficient (Wildman–Crippen LogP) is 2.17. The third-order valence-electron chi connectivity index (χ3n) is 6.93. The predicted molar refractivity (Wildman–Crippen MR) is 123 cm³/mol. The molecule has 0 bridgehead atoms. The van der Waals surface area contributed by atoms with Crippen molar-refractivity contribution >= 4 is 23.4 Å². The van der Waals surface area contributed by atoms with Gasteiger partial charge in [0.05, 0.1) is 19.3 Å². The Morgan fingerprint density at radius 2 is 2.11 bits per heavy atom. The fourth-order valence-electron chi connectivity index (χ4n) is 4.85. The highest BCUT2D eigenvalue weighted by Gasteiger charge is 2.49. The van der Waals surface area contributed by atoms with Crippen LogP contribution in [0.3, 0.4) is 0 Å². The smallest absolute Gasteiger partial charge is 0.376 e. The molecule has 5 rings (SSSR count). The second-order valence-corrected chi connectivity index (χ2v) is 9.54. The maximum absolute atomic E-state index is 14.0. The number of ketones is 1. The van der Waals surface area contributed by atoms with Crippen molar-refractivity contribution in [2.75, 3.05) is 48.9 Å². The topological polar surface area (TPSA) is 92.6 Å². The molecule has 2 aliphatic heterocycles. The summed E-state index contributed by atoms with van der Waals surface area (Å²) in [6.07, 6.45) is -2.50. The fraction of sp³-hybridized carbons (Fsp3) is 0.565. The number of alkyl halides is 3. The van der Waals surface area contributed by atoms with E-state index in [0.29, 0.717) is 30.8 Å². The molecule has 1 aliphatic carbocycles. The van der Waals surface area contributed by atoms with E-state index >= 15 is 0 Å². The lowest BCUT2D eigenvalue weighted by atomic mass is 10.1. The zero-order chi connectivity index (χ0) is 24.9. The fourth-order valence-corrected chi connectivity index (χ4v) is 4.85. The van der Waals surface area contributed by atoms with Crippen LogP contribution >= 0.6 is 0 Å². The zero-order valence-corrected chi connectivity index (χ0v) is 19.5. The zero-order valence-electron chi connectivity index (χ0n) is 19.5. The number of fused-ring (bicyclic) bond motifs is 2. The van der Waals surface area contributed by atoms with Gasteiger partial charge < -0.3 is 19.9 Å². The highest BCUT2D eigenvalue weighted by Crippen LogP contribution is 2.48. The minimum absolute atomic E-state index is 0.00108. The molecular weight excluding hydrogens is 465 g/mol. The number of halogens is 3. The Morgan fingerprint density at radius 1 is 1.31 bits per heavy atom. The molecule has 1 N–H and O–H groups in total. The van der Waals surface area contributed by atoms with Crippen molar-refractivity contribution in [2.24, 2.45) is 11.8 Å². The number of anilines is 3. The molecule has 3 aliphatic rings. The first kappa shape index (κ1) is 23.6. The van der Waals surface area contributed by atoms with Crippen molar-refractivity contribution in [1.29, 1.82) is 0 Å². The van der Waals surface area contributed by atoms with Crippen molar-refractivity contribution < 1.29 is 22.7 Å². The van der Waals surface area contributed by atoms with Gasteiger partial charge >= 0.3 is 6.18 Å². The summed E-state index contributed by atoms with van der Waals surface area (Å²) in [5, 5.41) is 3.05. The first-order chi connectivity index (χ1) is 16.6. The number of hydrogen-bond donors (Lipinski definition) is 1. The van der Waals surface area contributed by atoms with Gasteiger partial charge in [0.15, 0.2) is 5.78 Å². The molecule has 1 unspecified atom stereocenters. The van der Waals surface area contributed by atoms with E-state index in [4.69, 9.17) is 4.74 Å². The quantitative estimate of drug-likeness (QED) is 0.588. The minimum atomic E-state index is -4.60. The van der Waals surface area contributed by atoms with Crippen molar-refractivity contribution in [1.82, 2.24) is 14.5 Å². The standard InChI is InChI=1S/C23H27F3N6O3/c1-30(2)20-4-3-13(9-28-20)16(33)11-32-18(23(24,25)26)5-6-31-21(34)8-19(29-22(31)32)27-10-17-15-7-14(15)12-35-17/h3-4,8-9,14-15,17-18,27H,5-7,10-12H2,1-2H3/t14-,15?,17+,18-/m0/s1. The monoisotopic (exact) mass is 492 g/mol. The molecule has 9 nitrogen and oxygen atoms in total. The summed E-state index contributed by atoms with van der Waals surface area (Å²) in [4.78, 5) is 36.9. The summed E-state index contributed by atoms with van der Waals surface area (Å²) in [7, 11) is 3.58. The van der Waals surface area contributed by atoms with Crippen molar-refractivity contribution in [3.63, 3.8) is 0 Å². The number of aromatic nitrogens is 3. The Labute approximate surface area is 199 Å². The van der Waals surface area contributed by atoms with Gasteiger partial charge in [-0.15, -0.1) is 0 Å². The van der Waals surface area contributed by atoms with Crippen molar-refractivity contribution in [2.45, 2.75) is 37.7 Å². The highest BCUT2D eigenvalue weighted by atomic mass is 19.4. The van der Waals surface area contributed by atoms with Gasteiger partial charge in [-0.2, -0.15) is 18.2 Å². The first-order valence-corrected chi connectivity index (χ1v) is 11.6. The molecule has 2 fully saturated rings. The third-order valence-corrected chi connectivity index (χ3v) is 6.93. The summed E-state index contributed by atoms with van der Waals surface area (Å²) < 4.78 is 48.8. The molecule has 0 amide bonds. The molecule has 1 saturated carbocycles.